The van der Waals surface area contributed by atoms with E-state index >= 15 is 0 Å². The zero-order valence-electron chi connectivity index (χ0n) is 14.4. The number of hydrogen-bond acceptors (Lipinski definition) is 6. The van der Waals surface area contributed by atoms with Crippen molar-refractivity contribution in [2.45, 2.75) is 31.1 Å². The number of methoxy groups -OCH3 is 1. The molecule has 138 valence electrons. The highest BCUT2D eigenvalue weighted by atomic mass is 32.2. The number of carbonyl (C=O) groups excluding carboxylic acids is 2. The van der Waals surface area contributed by atoms with E-state index in [2.05, 4.69) is 4.74 Å². The van der Waals surface area contributed by atoms with Crippen molar-refractivity contribution in [1.29, 1.82) is 0 Å². The summed E-state index contributed by atoms with van der Waals surface area (Å²) in [5.74, 6) is -1.25. The van der Waals surface area contributed by atoms with Crippen LogP contribution in [0.5, 0.6) is 0 Å². The standard InChI is InChI=1S/C17H23NO6S/c1-3-12-24-16(19)13-8-10-18(11-9-13)25(21,22)15-7-5-4-6-14(15)17(20)23-2/h4-7,13H,3,8-12H2,1-2H3. The van der Waals surface area contributed by atoms with E-state index < -0.39 is 16.0 Å². The SMILES string of the molecule is CCCOC(=O)C1CCN(S(=O)(=O)c2ccccc2C(=O)OC)CC1. The predicted octanol–water partition coefficient (Wildman–Crippen LogP) is 1.83. The highest BCUT2D eigenvalue weighted by Gasteiger charge is 2.34. The van der Waals surface area contributed by atoms with E-state index in [-0.39, 0.29) is 35.4 Å². The summed E-state index contributed by atoms with van der Waals surface area (Å²) in [6.45, 7) is 2.72. The lowest BCUT2D eigenvalue weighted by Crippen LogP contribution is -2.41. The first kappa shape index (κ1) is 19.4. The molecule has 0 unspecified atom stereocenters. The highest BCUT2D eigenvalue weighted by Crippen LogP contribution is 2.26. The number of carbonyl (C=O) groups is 2. The lowest BCUT2D eigenvalue weighted by molar-refractivity contribution is -0.149. The molecule has 7 nitrogen and oxygen atoms in total. The minimum Gasteiger partial charge on any atom is -0.465 e. The summed E-state index contributed by atoms with van der Waals surface area (Å²) in [7, 11) is -2.63. The van der Waals surface area contributed by atoms with Gasteiger partial charge < -0.3 is 9.47 Å². The average molecular weight is 369 g/mol. The molecule has 1 aliphatic rings. The van der Waals surface area contributed by atoms with Crippen molar-refractivity contribution >= 4 is 22.0 Å². The van der Waals surface area contributed by atoms with Crippen molar-refractivity contribution in [3.05, 3.63) is 29.8 Å². The van der Waals surface area contributed by atoms with Crippen LogP contribution in [0.15, 0.2) is 29.2 Å². The van der Waals surface area contributed by atoms with Crippen LogP contribution in [0, 0.1) is 5.92 Å². The van der Waals surface area contributed by atoms with Gasteiger partial charge in [-0.3, -0.25) is 4.79 Å². The second-order valence-corrected chi connectivity index (χ2v) is 7.74. The van der Waals surface area contributed by atoms with Crippen molar-refractivity contribution < 1.29 is 27.5 Å². The van der Waals surface area contributed by atoms with Gasteiger partial charge in [0.15, 0.2) is 0 Å². The molecule has 0 aromatic heterocycles. The second-order valence-electron chi connectivity index (χ2n) is 5.83. The molecule has 0 spiro atoms. The minimum absolute atomic E-state index is 0.00878. The molecule has 0 radical (unpaired) electrons. The number of ether oxygens (including phenoxy) is 2. The van der Waals surface area contributed by atoms with Crippen LogP contribution in [-0.2, 0) is 24.3 Å². The van der Waals surface area contributed by atoms with Gasteiger partial charge in [-0.1, -0.05) is 19.1 Å². The first-order valence-electron chi connectivity index (χ1n) is 8.26. The number of nitrogens with zero attached hydrogens (tertiary/aromatic N) is 1. The summed E-state index contributed by atoms with van der Waals surface area (Å²) in [6, 6.07) is 5.96. The fourth-order valence-electron chi connectivity index (χ4n) is 2.76. The largest absolute Gasteiger partial charge is 0.465 e. The Labute approximate surface area is 148 Å². The smallest absolute Gasteiger partial charge is 0.339 e. The van der Waals surface area contributed by atoms with Crippen LogP contribution in [0.1, 0.15) is 36.5 Å². The number of rotatable bonds is 6. The Balaban J connectivity index is 2.13. The molecular weight excluding hydrogens is 346 g/mol. The predicted molar refractivity (Wildman–Crippen MR) is 90.5 cm³/mol. The first-order valence-corrected chi connectivity index (χ1v) is 9.70. The van der Waals surface area contributed by atoms with Crippen LogP contribution < -0.4 is 0 Å². The Hall–Kier alpha value is -1.93. The molecule has 0 atom stereocenters. The van der Waals surface area contributed by atoms with Gasteiger partial charge in [-0.15, -0.1) is 0 Å². The van der Waals surface area contributed by atoms with Gasteiger partial charge in [0.25, 0.3) is 0 Å². The quantitative estimate of drug-likeness (QED) is 0.711. The van der Waals surface area contributed by atoms with Gasteiger partial charge in [0.05, 0.1) is 30.1 Å². The lowest BCUT2D eigenvalue weighted by atomic mass is 9.98. The second kappa shape index (κ2) is 8.44. The van der Waals surface area contributed by atoms with Gasteiger partial charge in [-0.2, -0.15) is 4.31 Å². The topological polar surface area (TPSA) is 90.0 Å². The highest BCUT2D eigenvalue weighted by molar-refractivity contribution is 7.89. The Bertz CT molecular complexity index is 722. The average Bonchev–Trinajstić information content (AvgIpc) is 2.65. The maximum atomic E-state index is 12.9. The third kappa shape index (κ3) is 4.38. The zero-order valence-corrected chi connectivity index (χ0v) is 15.3. The summed E-state index contributed by atoms with van der Waals surface area (Å²) >= 11 is 0. The van der Waals surface area contributed by atoms with E-state index in [0.717, 1.165) is 6.42 Å². The molecule has 1 fully saturated rings. The van der Waals surface area contributed by atoms with Crippen molar-refractivity contribution in [2.24, 2.45) is 5.92 Å². The van der Waals surface area contributed by atoms with Crippen molar-refractivity contribution in [3.8, 4) is 0 Å². The summed E-state index contributed by atoms with van der Waals surface area (Å²) in [6.07, 6.45) is 1.56. The van der Waals surface area contributed by atoms with E-state index in [1.165, 1.54) is 23.5 Å². The molecule has 0 amide bonds. The number of sulfonamides is 1. The van der Waals surface area contributed by atoms with Gasteiger partial charge in [-0.25, -0.2) is 13.2 Å². The summed E-state index contributed by atoms with van der Waals surface area (Å²) in [4.78, 5) is 23.7. The molecule has 1 aliphatic heterocycles. The van der Waals surface area contributed by atoms with Crippen LogP contribution in [0.4, 0.5) is 0 Å². The van der Waals surface area contributed by atoms with E-state index in [1.54, 1.807) is 12.1 Å². The Morgan fingerprint density at radius 3 is 2.44 bits per heavy atom. The van der Waals surface area contributed by atoms with Gasteiger partial charge in [-0.05, 0) is 31.4 Å². The number of piperidine rings is 1. The van der Waals surface area contributed by atoms with Crippen molar-refractivity contribution in [1.82, 2.24) is 4.31 Å². The van der Waals surface area contributed by atoms with Crippen LogP contribution in [0.25, 0.3) is 0 Å². The number of esters is 2. The fourth-order valence-corrected chi connectivity index (χ4v) is 4.41. The molecule has 1 saturated heterocycles. The Kier molecular flexibility index (Phi) is 6.55. The molecule has 0 bridgehead atoms. The third-order valence-electron chi connectivity index (χ3n) is 4.15. The van der Waals surface area contributed by atoms with E-state index in [1.807, 2.05) is 6.92 Å². The summed E-state index contributed by atoms with van der Waals surface area (Å²) in [5.41, 5.74) is 0.00878. The number of hydrogen-bond donors (Lipinski definition) is 0. The zero-order chi connectivity index (χ0) is 18.4. The Morgan fingerprint density at radius 2 is 1.84 bits per heavy atom. The molecule has 1 aromatic carbocycles. The van der Waals surface area contributed by atoms with Crippen molar-refractivity contribution in [3.63, 3.8) is 0 Å². The third-order valence-corrected chi connectivity index (χ3v) is 6.10. The molecule has 0 saturated carbocycles. The summed E-state index contributed by atoms with van der Waals surface area (Å²) < 4.78 is 36.9. The van der Waals surface area contributed by atoms with Gasteiger partial charge in [0, 0.05) is 13.1 Å². The van der Waals surface area contributed by atoms with Crippen LogP contribution >= 0.6 is 0 Å². The fraction of sp³-hybridized carbons (Fsp3) is 0.529. The minimum atomic E-state index is -3.83. The lowest BCUT2D eigenvalue weighted by Gasteiger charge is -2.30. The summed E-state index contributed by atoms with van der Waals surface area (Å²) in [5, 5.41) is 0. The van der Waals surface area contributed by atoms with E-state index in [4.69, 9.17) is 4.74 Å². The van der Waals surface area contributed by atoms with Gasteiger partial charge >= 0.3 is 11.9 Å². The van der Waals surface area contributed by atoms with Gasteiger partial charge in [0.1, 0.15) is 0 Å². The molecule has 8 heteroatoms. The Morgan fingerprint density at radius 1 is 1.20 bits per heavy atom. The molecule has 1 aromatic rings. The van der Waals surface area contributed by atoms with Gasteiger partial charge in [0.2, 0.25) is 10.0 Å². The van der Waals surface area contributed by atoms with E-state index in [9.17, 15) is 18.0 Å². The first-order chi connectivity index (χ1) is 11.9. The molecular formula is C17H23NO6S. The van der Waals surface area contributed by atoms with Crippen LogP contribution in [0.2, 0.25) is 0 Å². The normalized spacial score (nSPS) is 16.4. The van der Waals surface area contributed by atoms with Crippen LogP contribution in [0.3, 0.4) is 0 Å². The van der Waals surface area contributed by atoms with Crippen molar-refractivity contribution in [2.75, 3.05) is 26.8 Å². The maximum absolute atomic E-state index is 12.9. The number of benzene rings is 1. The molecule has 25 heavy (non-hydrogen) atoms. The van der Waals surface area contributed by atoms with E-state index in [0.29, 0.717) is 19.4 Å². The van der Waals surface area contributed by atoms with Crippen LogP contribution in [-0.4, -0.2) is 51.5 Å². The molecule has 2 rings (SSSR count). The maximum Gasteiger partial charge on any atom is 0.339 e. The molecule has 1 heterocycles. The molecule has 0 aliphatic carbocycles. The molecule has 0 N–H and O–H groups in total. The monoisotopic (exact) mass is 369 g/mol.